The number of fused-ring (bicyclic) bond motifs is 1. The molecule has 35 heavy (non-hydrogen) atoms. The normalized spacial score (nSPS) is 10.8. The van der Waals surface area contributed by atoms with Crippen molar-refractivity contribution in [3.63, 3.8) is 0 Å². The second-order valence-corrected chi connectivity index (χ2v) is 8.41. The summed E-state index contributed by atoms with van der Waals surface area (Å²) in [5.41, 5.74) is 2.97. The zero-order chi connectivity index (χ0) is 25.1. The van der Waals surface area contributed by atoms with Crippen LogP contribution in [0.25, 0.3) is 16.6 Å². The van der Waals surface area contributed by atoms with E-state index in [0.717, 1.165) is 21.3 Å². The summed E-state index contributed by atoms with van der Waals surface area (Å²) in [6.45, 7) is 3.56. The van der Waals surface area contributed by atoms with Gasteiger partial charge < -0.3 is 10.6 Å². The Morgan fingerprint density at radius 1 is 0.886 bits per heavy atom. The number of carbonyl (C=O) groups is 2. The second kappa shape index (κ2) is 9.80. The van der Waals surface area contributed by atoms with Gasteiger partial charge in [-0.2, -0.15) is 0 Å². The van der Waals surface area contributed by atoms with Crippen molar-refractivity contribution < 1.29 is 9.59 Å². The van der Waals surface area contributed by atoms with Gasteiger partial charge in [-0.15, -0.1) is 0 Å². The number of para-hydroxylation sites is 1. The maximum Gasteiger partial charge on any atom is 0.336 e. The van der Waals surface area contributed by atoms with E-state index in [2.05, 4.69) is 10.6 Å². The van der Waals surface area contributed by atoms with Crippen LogP contribution in [0.2, 0.25) is 0 Å². The van der Waals surface area contributed by atoms with Crippen LogP contribution in [0.3, 0.4) is 0 Å². The number of benzene rings is 3. The van der Waals surface area contributed by atoms with Gasteiger partial charge in [-0.1, -0.05) is 36.4 Å². The number of carbonyl (C=O) groups excluding carboxylic acids is 2. The average Bonchev–Trinajstić information content (AvgIpc) is 2.85. The Morgan fingerprint density at radius 2 is 1.60 bits per heavy atom. The smallest absolute Gasteiger partial charge is 0.336 e. The molecule has 3 aromatic carbocycles. The van der Waals surface area contributed by atoms with Crippen LogP contribution in [0.15, 0.2) is 76.3 Å². The summed E-state index contributed by atoms with van der Waals surface area (Å²) in [7, 11) is 1.56. The Bertz CT molecular complexity index is 1550. The number of aryl methyl sites for hydroxylation is 2. The van der Waals surface area contributed by atoms with Crippen molar-refractivity contribution >= 4 is 28.4 Å². The van der Waals surface area contributed by atoms with Crippen LogP contribution in [0.1, 0.15) is 16.7 Å². The molecule has 0 aliphatic rings. The molecular weight excluding hydrogens is 444 g/mol. The second-order valence-electron chi connectivity index (χ2n) is 8.41. The Labute approximate surface area is 201 Å². The molecular formula is C27H26N4O4. The molecule has 1 heterocycles. The third-order valence-electron chi connectivity index (χ3n) is 5.86. The predicted octanol–water partition coefficient (Wildman–Crippen LogP) is 2.70. The van der Waals surface area contributed by atoms with Crippen molar-refractivity contribution in [3.8, 4) is 5.69 Å². The highest BCUT2D eigenvalue weighted by atomic mass is 16.2. The molecule has 178 valence electrons. The molecule has 0 aliphatic carbocycles. The fraction of sp³-hybridized carbons (Fsp3) is 0.185. The molecule has 8 nitrogen and oxygen atoms in total. The molecule has 2 amide bonds. The van der Waals surface area contributed by atoms with E-state index in [9.17, 15) is 19.2 Å². The SMILES string of the molecule is CNC(=O)Cc1ccc(-n2c(=O)c3ccccc3n(CC(=O)Nc3cc(C)ccc3C)c2=O)cc1. The first-order valence-electron chi connectivity index (χ1n) is 11.2. The summed E-state index contributed by atoms with van der Waals surface area (Å²) in [5.74, 6) is -0.519. The zero-order valence-electron chi connectivity index (χ0n) is 19.8. The Hall–Kier alpha value is -4.46. The Balaban J connectivity index is 1.76. The maximum absolute atomic E-state index is 13.5. The van der Waals surface area contributed by atoms with Gasteiger partial charge in [0.05, 0.1) is 23.0 Å². The van der Waals surface area contributed by atoms with Crippen molar-refractivity contribution in [2.75, 3.05) is 12.4 Å². The van der Waals surface area contributed by atoms with Crippen LogP contribution in [0.5, 0.6) is 0 Å². The first-order valence-corrected chi connectivity index (χ1v) is 11.2. The standard InChI is InChI=1S/C27H26N4O4/c1-17-8-9-18(2)22(14-17)29-25(33)16-30-23-7-5-4-6-21(23)26(34)31(27(30)35)20-12-10-19(11-13-20)15-24(32)28-3/h4-14H,15-16H2,1-3H3,(H,28,32)(H,29,33). The zero-order valence-corrected chi connectivity index (χ0v) is 19.8. The highest BCUT2D eigenvalue weighted by Gasteiger charge is 2.17. The predicted molar refractivity (Wildman–Crippen MR) is 136 cm³/mol. The molecule has 0 atom stereocenters. The first kappa shape index (κ1) is 23.7. The molecule has 2 N–H and O–H groups in total. The lowest BCUT2D eigenvalue weighted by atomic mass is 10.1. The average molecular weight is 471 g/mol. The maximum atomic E-state index is 13.5. The van der Waals surface area contributed by atoms with Crippen molar-refractivity contribution in [3.05, 3.63) is 104 Å². The number of likely N-dealkylation sites (N-methyl/N-ethyl adjacent to an activating group) is 1. The molecule has 0 fully saturated rings. The van der Waals surface area contributed by atoms with Crippen LogP contribution < -0.4 is 21.9 Å². The Kier molecular flexibility index (Phi) is 6.64. The number of hydrogen-bond donors (Lipinski definition) is 2. The minimum Gasteiger partial charge on any atom is -0.359 e. The van der Waals surface area contributed by atoms with E-state index in [4.69, 9.17) is 0 Å². The number of amides is 2. The number of aromatic nitrogens is 2. The molecule has 0 aliphatic heterocycles. The molecule has 0 saturated heterocycles. The molecule has 1 aromatic heterocycles. The van der Waals surface area contributed by atoms with Crippen LogP contribution in [0, 0.1) is 13.8 Å². The summed E-state index contributed by atoms with van der Waals surface area (Å²) in [5, 5.41) is 5.76. The van der Waals surface area contributed by atoms with Crippen LogP contribution in [-0.2, 0) is 22.6 Å². The van der Waals surface area contributed by atoms with Gasteiger partial charge in [-0.3, -0.25) is 19.0 Å². The molecule has 8 heteroatoms. The number of nitrogens with zero attached hydrogens (tertiary/aromatic N) is 2. The number of nitrogens with one attached hydrogen (secondary N) is 2. The quantitative estimate of drug-likeness (QED) is 0.452. The van der Waals surface area contributed by atoms with E-state index in [-0.39, 0.29) is 24.8 Å². The van der Waals surface area contributed by atoms with Crippen LogP contribution in [0.4, 0.5) is 5.69 Å². The molecule has 0 bridgehead atoms. The Morgan fingerprint density at radius 3 is 2.31 bits per heavy atom. The molecule has 4 rings (SSSR count). The number of anilines is 1. The third-order valence-corrected chi connectivity index (χ3v) is 5.86. The molecule has 0 spiro atoms. The molecule has 0 saturated carbocycles. The fourth-order valence-electron chi connectivity index (χ4n) is 3.94. The highest BCUT2D eigenvalue weighted by molar-refractivity contribution is 5.92. The summed E-state index contributed by atoms with van der Waals surface area (Å²) < 4.78 is 2.35. The largest absolute Gasteiger partial charge is 0.359 e. The van der Waals surface area contributed by atoms with Crippen molar-refractivity contribution in [1.29, 1.82) is 0 Å². The van der Waals surface area contributed by atoms with E-state index < -0.39 is 11.2 Å². The van der Waals surface area contributed by atoms with Gasteiger partial charge in [0, 0.05) is 12.7 Å². The summed E-state index contributed by atoms with van der Waals surface area (Å²) in [6, 6.07) is 19.1. The lowest BCUT2D eigenvalue weighted by Gasteiger charge is -2.15. The fourth-order valence-corrected chi connectivity index (χ4v) is 3.94. The summed E-state index contributed by atoms with van der Waals surface area (Å²) in [6.07, 6.45) is 0.187. The summed E-state index contributed by atoms with van der Waals surface area (Å²) >= 11 is 0. The monoisotopic (exact) mass is 470 g/mol. The third kappa shape index (κ3) is 4.91. The van der Waals surface area contributed by atoms with Gasteiger partial charge in [0.15, 0.2) is 0 Å². The molecule has 0 unspecified atom stereocenters. The number of hydrogen-bond acceptors (Lipinski definition) is 4. The van der Waals surface area contributed by atoms with Crippen LogP contribution in [-0.4, -0.2) is 28.0 Å². The van der Waals surface area contributed by atoms with E-state index in [1.165, 1.54) is 4.57 Å². The van der Waals surface area contributed by atoms with Crippen LogP contribution >= 0.6 is 0 Å². The highest BCUT2D eigenvalue weighted by Crippen LogP contribution is 2.17. The van der Waals surface area contributed by atoms with E-state index >= 15 is 0 Å². The van der Waals surface area contributed by atoms with E-state index in [0.29, 0.717) is 22.3 Å². The van der Waals surface area contributed by atoms with E-state index in [1.54, 1.807) is 55.6 Å². The minimum absolute atomic E-state index is 0.141. The van der Waals surface area contributed by atoms with E-state index in [1.807, 2.05) is 32.0 Å². The molecule has 0 radical (unpaired) electrons. The van der Waals surface area contributed by atoms with Gasteiger partial charge in [0.25, 0.3) is 5.56 Å². The topological polar surface area (TPSA) is 102 Å². The van der Waals surface area contributed by atoms with Gasteiger partial charge in [0.2, 0.25) is 11.8 Å². The van der Waals surface area contributed by atoms with Crippen molar-refractivity contribution in [2.24, 2.45) is 0 Å². The van der Waals surface area contributed by atoms with Gasteiger partial charge >= 0.3 is 5.69 Å². The van der Waals surface area contributed by atoms with Gasteiger partial charge in [-0.25, -0.2) is 9.36 Å². The minimum atomic E-state index is -0.621. The molecule has 4 aromatic rings. The van der Waals surface area contributed by atoms with Gasteiger partial charge in [0.1, 0.15) is 6.54 Å². The lowest BCUT2D eigenvalue weighted by Crippen LogP contribution is -2.40. The number of rotatable bonds is 6. The van der Waals surface area contributed by atoms with Crippen molar-refractivity contribution in [2.45, 2.75) is 26.8 Å². The van der Waals surface area contributed by atoms with Gasteiger partial charge in [-0.05, 0) is 60.9 Å². The summed E-state index contributed by atoms with van der Waals surface area (Å²) in [4.78, 5) is 51.4. The lowest BCUT2D eigenvalue weighted by molar-refractivity contribution is -0.120. The first-order chi connectivity index (χ1) is 16.8. The van der Waals surface area contributed by atoms with Crippen molar-refractivity contribution in [1.82, 2.24) is 14.5 Å².